The average Bonchev–Trinajstić information content (AvgIpc) is 1.58. The zero-order valence-corrected chi connectivity index (χ0v) is 66.3. The number of aryl methyl sites for hydroxylation is 8. The van der Waals surface area contributed by atoms with Gasteiger partial charge in [-0.3, -0.25) is 19.9 Å². The quantitative estimate of drug-likeness (QED) is 0.0594. The Morgan fingerprint density at radius 2 is 0.577 bits per heavy atom. The Kier molecular flexibility index (Phi) is 20.9. The Labute approximate surface area is 649 Å². The van der Waals surface area contributed by atoms with Crippen molar-refractivity contribution in [3.63, 3.8) is 0 Å². The first-order valence-corrected chi connectivity index (χ1v) is 41.6. The minimum absolute atomic E-state index is 1.02. The Balaban J connectivity index is 0.000000109. The molecular weight excluding hydrogens is 1360 g/mol. The summed E-state index contributed by atoms with van der Waals surface area (Å²) in [7, 11) is 6.42. The van der Waals surface area contributed by atoms with Crippen molar-refractivity contribution in [3.8, 4) is 0 Å². The summed E-state index contributed by atoms with van der Waals surface area (Å²) >= 11 is 0. The number of rotatable bonds is 23. The van der Waals surface area contributed by atoms with E-state index in [0.29, 0.717) is 0 Å². The molecule has 0 spiro atoms. The van der Waals surface area contributed by atoms with Crippen LogP contribution in [0.5, 0.6) is 0 Å². The molecule has 0 aliphatic carbocycles. The molecule has 0 unspecified atom stereocenters. The van der Waals surface area contributed by atoms with Gasteiger partial charge in [-0.1, -0.05) is 197 Å². The molecule has 13 aromatic heterocycles. The monoisotopic (exact) mass is 1460 g/mol. The largest absolute Gasteiger partial charge is 0.343 e. The molecule has 562 valence electrons. The van der Waals surface area contributed by atoms with Gasteiger partial charge in [0, 0.05) is 194 Å². The van der Waals surface area contributed by atoms with Crippen LogP contribution in [-0.4, -0.2) is 61.5 Å². The molecule has 0 fully saturated rings. The minimum atomic E-state index is 1.02. The Hall–Kier alpha value is -11.3. The second-order valence-electron chi connectivity index (χ2n) is 31.0. The van der Waals surface area contributed by atoms with Crippen LogP contribution in [0.1, 0.15) is 150 Å². The number of nitrogens with zero attached hydrogens (tertiary/aromatic N) is 13. The average molecular weight is 1470 g/mol. The van der Waals surface area contributed by atoms with Crippen LogP contribution in [-0.2, 0) is 53.9 Å². The van der Waals surface area contributed by atoms with Gasteiger partial charge < -0.3 is 36.5 Å². The van der Waals surface area contributed by atoms with Gasteiger partial charge in [0.1, 0.15) is 5.65 Å². The first-order chi connectivity index (χ1) is 54.8. The number of unbranched alkanes of at least 4 members (excludes halogenated alkanes) is 13. The second-order valence-corrected chi connectivity index (χ2v) is 31.0. The summed E-state index contributed by atoms with van der Waals surface area (Å²) in [6.07, 6.45) is 40.5. The first kappa shape index (κ1) is 72.5. The van der Waals surface area contributed by atoms with Gasteiger partial charge in [-0.15, -0.1) is 0 Å². The molecule has 0 N–H and O–H groups in total. The lowest BCUT2D eigenvalue weighted by Crippen LogP contribution is -1.99. The SMILES string of the molecule is CCCCCCCCn1c2cnccc2c2c1ccc1c3ccncc3n(CCCCCCCC)c12.CCCCn1c2ccc3c4ccccc4n(CCCC)c3c2c2cccnc21.CCCCn1c2ccccc2c2ccc3c(c4cnccc4n3C)c21.Cn1c2cnccc2c2c1ccc1c3ccccc3n(C)c12. The molecule has 20 aromatic rings. The number of pyridine rings is 5. The topological polar surface area (TPSA) is 104 Å². The normalized spacial score (nSPS) is 12.1. The van der Waals surface area contributed by atoms with Crippen LogP contribution in [0, 0.1) is 0 Å². The Bertz CT molecular complexity index is 6770. The van der Waals surface area contributed by atoms with Crippen LogP contribution in [0.15, 0.2) is 213 Å². The molecule has 0 aliphatic heterocycles. The standard InChI is InChI=1S/C32H42N4.C25H27N3.C22H21N3.C19H15N3/c1-3-5-7-9-11-13-21-35-28-16-15-26-25-17-19-33-23-29(25)36(22-14-12-10-8-6-4-2)32(26)31(28)27-18-20-34-24-30(27)35;1-3-5-16-27-21-12-8-7-10-18(21)19-13-14-22-23(24(19)27)20-11-9-15-26-25(20)28(22)17-6-4-2;1-3-4-13-25-19-8-6-5-7-15(19)16-9-10-20-21(22(16)25)17-14-23-12-11-18(17)24(20)2;1-21-16-8-7-13-12-5-3-4-6-15(12)22(2)19(13)18(16)14-9-10-20-11-17(14)21/h15-20,23-24H,3-14,21-22H2,1-2H3;7-15H,3-6,16-17H2,1-2H3;5-12,14H,3-4,13H2,1-2H3;3-11H,1-2H3. The van der Waals surface area contributed by atoms with E-state index in [4.69, 9.17) is 4.98 Å². The second kappa shape index (κ2) is 32.0. The van der Waals surface area contributed by atoms with E-state index < -0.39 is 0 Å². The number of para-hydroxylation sites is 3. The van der Waals surface area contributed by atoms with Crippen LogP contribution in [0.4, 0.5) is 0 Å². The third kappa shape index (κ3) is 12.8. The molecule has 0 saturated heterocycles. The molecule has 0 saturated carbocycles. The highest BCUT2D eigenvalue weighted by atomic mass is 15.1. The van der Waals surface area contributed by atoms with Gasteiger partial charge in [-0.2, -0.15) is 0 Å². The van der Waals surface area contributed by atoms with Crippen molar-refractivity contribution in [1.82, 2.24) is 61.5 Å². The highest BCUT2D eigenvalue weighted by molar-refractivity contribution is 6.29. The van der Waals surface area contributed by atoms with Gasteiger partial charge >= 0.3 is 0 Å². The predicted molar refractivity (Wildman–Crippen MR) is 473 cm³/mol. The summed E-state index contributed by atoms with van der Waals surface area (Å²) in [5.74, 6) is 0. The van der Waals surface area contributed by atoms with E-state index >= 15 is 0 Å². The number of benzene rings is 7. The van der Waals surface area contributed by atoms with E-state index in [-0.39, 0.29) is 0 Å². The number of fused-ring (bicyclic) bond motifs is 28. The van der Waals surface area contributed by atoms with Crippen LogP contribution < -0.4 is 0 Å². The molecule has 13 heterocycles. The molecule has 111 heavy (non-hydrogen) atoms. The molecule has 7 aromatic carbocycles. The molecule has 0 aliphatic rings. The first-order valence-electron chi connectivity index (χ1n) is 41.6. The fourth-order valence-electron chi connectivity index (χ4n) is 18.7. The molecular formula is C98H105N13. The van der Waals surface area contributed by atoms with Gasteiger partial charge in [0.25, 0.3) is 0 Å². The van der Waals surface area contributed by atoms with Gasteiger partial charge in [0.15, 0.2) is 0 Å². The van der Waals surface area contributed by atoms with E-state index in [2.05, 4.69) is 282 Å². The summed E-state index contributed by atoms with van der Waals surface area (Å²) < 4.78 is 19.4. The minimum Gasteiger partial charge on any atom is -0.343 e. The Morgan fingerprint density at radius 3 is 1.15 bits per heavy atom. The number of hydrogen-bond donors (Lipinski definition) is 0. The van der Waals surface area contributed by atoms with Crippen LogP contribution in [0.2, 0.25) is 0 Å². The molecule has 13 heteroatoms. The maximum Gasteiger partial charge on any atom is 0.141 e. The lowest BCUT2D eigenvalue weighted by molar-refractivity contribution is 0.570. The van der Waals surface area contributed by atoms with E-state index in [9.17, 15) is 0 Å². The van der Waals surface area contributed by atoms with Crippen molar-refractivity contribution in [2.75, 3.05) is 0 Å². The molecule has 20 rings (SSSR count). The van der Waals surface area contributed by atoms with Crippen LogP contribution in [0.3, 0.4) is 0 Å². The summed E-state index contributed by atoms with van der Waals surface area (Å²) in [5, 5.41) is 21.2. The third-order valence-corrected chi connectivity index (χ3v) is 24.2. The maximum atomic E-state index is 4.78. The van der Waals surface area contributed by atoms with E-state index in [1.165, 1.54) is 285 Å². The molecule has 0 bridgehead atoms. The van der Waals surface area contributed by atoms with Gasteiger partial charge in [0.05, 0.1) is 84.8 Å². The highest BCUT2D eigenvalue weighted by Gasteiger charge is 2.24. The fraction of sp³-hybridized carbons (Fsp3) is 0.316. The zero-order chi connectivity index (χ0) is 75.6. The van der Waals surface area contributed by atoms with Crippen molar-refractivity contribution in [2.45, 2.75) is 183 Å². The highest BCUT2D eigenvalue weighted by Crippen LogP contribution is 2.44. The van der Waals surface area contributed by atoms with E-state index in [1.807, 2.05) is 43.4 Å². The van der Waals surface area contributed by atoms with Crippen molar-refractivity contribution in [2.24, 2.45) is 21.1 Å². The summed E-state index contributed by atoms with van der Waals surface area (Å²) in [6, 6.07) is 57.5. The van der Waals surface area contributed by atoms with E-state index in [1.54, 1.807) is 0 Å². The molecule has 0 amide bonds. The van der Waals surface area contributed by atoms with Gasteiger partial charge in [0.2, 0.25) is 0 Å². The van der Waals surface area contributed by atoms with Crippen LogP contribution >= 0.6 is 0 Å². The van der Waals surface area contributed by atoms with Gasteiger partial charge in [-0.05, 0) is 111 Å². The van der Waals surface area contributed by atoms with Gasteiger partial charge in [-0.25, -0.2) is 4.98 Å². The summed E-state index contributed by atoms with van der Waals surface area (Å²) in [5.41, 5.74) is 20.6. The maximum absolute atomic E-state index is 4.78. The van der Waals surface area contributed by atoms with Crippen molar-refractivity contribution < 1.29 is 0 Å². The number of aromatic nitrogens is 13. The lowest BCUT2D eigenvalue weighted by Gasteiger charge is -2.10. The van der Waals surface area contributed by atoms with Crippen molar-refractivity contribution in [3.05, 3.63) is 213 Å². The third-order valence-electron chi connectivity index (χ3n) is 24.2. The summed E-state index contributed by atoms with van der Waals surface area (Å²) in [6.45, 7) is 16.6. The van der Waals surface area contributed by atoms with Crippen molar-refractivity contribution >= 4 is 175 Å². The molecule has 13 nitrogen and oxygen atoms in total. The van der Waals surface area contributed by atoms with Crippen molar-refractivity contribution in [1.29, 1.82) is 0 Å². The predicted octanol–water partition coefficient (Wildman–Crippen LogP) is 26.3. The van der Waals surface area contributed by atoms with Crippen LogP contribution in [0.25, 0.3) is 175 Å². The fourth-order valence-corrected chi connectivity index (χ4v) is 18.7. The Morgan fingerprint density at radius 1 is 0.216 bits per heavy atom. The summed E-state index contributed by atoms with van der Waals surface area (Å²) in [4.78, 5) is 22.5. The smallest absolute Gasteiger partial charge is 0.141 e. The lowest BCUT2D eigenvalue weighted by atomic mass is 10.1. The molecule has 0 atom stereocenters. The molecule has 0 radical (unpaired) electrons. The number of hydrogen-bond acceptors (Lipinski definition) is 5. The van der Waals surface area contributed by atoms with E-state index in [0.717, 1.165) is 38.4 Å². The zero-order valence-electron chi connectivity index (χ0n) is 66.3.